The molecule has 1 saturated heterocycles. The van der Waals surface area contributed by atoms with Gasteiger partial charge in [-0.3, -0.25) is 9.59 Å². The maximum absolute atomic E-state index is 15.0. The minimum atomic E-state index is -2.14. The SMILES string of the molecule is COCC(=O)O[C@H]1C(=O)[C@@]2(C)[C@H]([C@H](OC(=O)c3ccccc3)[C@]3(O)C[C@H](O)C(C)=C1C3(C)C)[C@]1(OC(C)=O)CO[C@@H]1C[C@@H]2O. The summed E-state index contributed by atoms with van der Waals surface area (Å²) in [5.74, 6) is -4.61. The lowest BCUT2D eigenvalue weighted by molar-refractivity contribution is -0.346. The largest absolute Gasteiger partial charge is 0.455 e. The summed E-state index contributed by atoms with van der Waals surface area (Å²) >= 11 is 0. The summed E-state index contributed by atoms with van der Waals surface area (Å²) in [7, 11) is 1.28. The average Bonchev–Trinajstić information content (AvgIpc) is 2.95. The molecule has 12 heteroatoms. The predicted molar refractivity (Wildman–Crippen MR) is 151 cm³/mol. The van der Waals surface area contributed by atoms with Crippen LogP contribution in [0.4, 0.5) is 0 Å². The highest BCUT2D eigenvalue weighted by Crippen LogP contribution is 2.64. The first-order valence-electron chi connectivity index (χ1n) is 14.7. The van der Waals surface area contributed by atoms with Crippen molar-refractivity contribution in [2.75, 3.05) is 20.3 Å². The van der Waals surface area contributed by atoms with Gasteiger partial charge in [0, 0.05) is 32.3 Å². The lowest BCUT2D eigenvalue weighted by Gasteiger charge is -2.67. The fourth-order valence-corrected chi connectivity index (χ4v) is 8.02. The molecule has 0 amide bonds. The van der Waals surface area contributed by atoms with Gasteiger partial charge in [0.05, 0.1) is 35.7 Å². The van der Waals surface area contributed by atoms with Crippen molar-refractivity contribution in [2.24, 2.45) is 16.7 Å². The molecule has 2 saturated carbocycles. The minimum Gasteiger partial charge on any atom is -0.455 e. The Labute approximate surface area is 255 Å². The van der Waals surface area contributed by atoms with Crippen LogP contribution >= 0.6 is 0 Å². The Morgan fingerprint density at radius 1 is 1.07 bits per heavy atom. The van der Waals surface area contributed by atoms with E-state index in [-0.39, 0.29) is 30.6 Å². The van der Waals surface area contributed by atoms with E-state index in [1.165, 1.54) is 33.1 Å². The molecule has 1 aromatic carbocycles. The van der Waals surface area contributed by atoms with Gasteiger partial charge in [0.25, 0.3) is 0 Å². The third kappa shape index (κ3) is 4.53. The number of aliphatic hydroxyl groups is 3. The van der Waals surface area contributed by atoms with Crippen molar-refractivity contribution in [3.05, 3.63) is 47.0 Å². The number of ketones is 1. The molecule has 240 valence electrons. The molecule has 9 atom stereocenters. The number of carbonyl (C=O) groups is 4. The van der Waals surface area contributed by atoms with Gasteiger partial charge in [-0.1, -0.05) is 32.0 Å². The number of fused-ring (bicyclic) bond motifs is 5. The van der Waals surface area contributed by atoms with Gasteiger partial charge in [-0.15, -0.1) is 0 Å². The zero-order valence-corrected chi connectivity index (χ0v) is 25.7. The second-order valence-electron chi connectivity index (χ2n) is 13.1. The molecular formula is C32H40O12. The fraction of sp³-hybridized carbons (Fsp3) is 0.625. The van der Waals surface area contributed by atoms with Gasteiger partial charge in [-0.25, -0.2) is 9.59 Å². The summed E-state index contributed by atoms with van der Waals surface area (Å²) < 4.78 is 28.6. The molecule has 0 radical (unpaired) electrons. The molecule has 44 heavy (non-hydrogen) atoms. The zero-order valence-electron chi connectivity index (χ0n) is 25.7. The van der Waals surface area contributed by atoms with Gasteiger partial charge in [0.1, 0.15) is 24.4 Å². The van der Waals surface area contributed by atoms with Gasteiger partial charge in [-0.05, 0) is 37.1 Å². The molecule has 2 bridgehead atoms. The van der Waals surface area contributed by atoms with Crippen molar-refractivity contribution in [3.63, 3.8) is 0 Å². The third-order valence-electron chi connectivity index (χ3n) is 10.4. The van der Waals surface area contributed by atoms with Crippen LogP contribution in [0.3, 0.4) is 0 Å². The lowest BCUT2D eigenvalue weighted by atomic mass is 9.44. The topological polar surface area (TPSA) is 175 Å². The van der Waals surface area contributed by atoms with Crippen LogP contribution in [0.25, 0.3) is 0 Å². The highest BCUT2D eigenvalue weighted by Gasteiger charge is 2.78. The number of rotatable bonds is 6. The van der Waals surface area contributed by atoms with E-state index in [1.54, 1.807) is 39.0 Å². The van der Waals surface area contributed by atoms with Crippen LogP contribution in [0.2, 0.25) is 0 Å². The van der Waals surface area contributed by atoms with Crippen molar-refractivity contribution in [2.45, 2.75) is 89.2 Å². The molecule has 3 aliphatic carbocycles. The minimum absolute atomic E-state index is 0.120. The van der Waals surface area contributed by atoms with Crippen molar-refractivity contribution in [3.8, 4) is 0 Å². The number of methoxy groups -OCH3 is 1. The van der Waals surface area contributed by atoms with Gasteiger partial charge in [-0.2, -0.15) is 0 Å². The Morgan fingerprint density at radius 3 is 2.30 bits per heavy atom. The number of carbonyl (C=O) groups excluding carboxylic acids is 4. The number of hydrogen-bond acceptors (Lipinski definition) is 12. The number of esters is 3. The van der Waals surface area contributed by atoms with Crippen molar-refractivity contribution < 1.29 is 58.2 Å². The van der Waals surface area contributed by atoms with Crippen LogP contribution in [0.1, 0.15) is 57.8 Å². The van der Waals surface area contributed by atoms with Crippen LogP contribution in [-0.4, -0.2) is 101 Å². The highest BCUT2D eigenvalue weighted by atomic mass is 16.6. The second kappa shape index (κ2) is 11.0. The lowest BCUT2D eigenvalue weighted by Crippen LogP contribution is -2.81. The molecular weight excluding hydrogens is 576 g/mol. The Kier molecular flexibility index (Phi) is 8.08. The molecule has 1 aromatic rings. The van der Waals surface area contributed by atoms with Crippen LogP contribution in [0, 0.1) is 16.7 Å². The first-order valence-corrected chi connectivity index (χ1v) is 14.7. The predicted octanol–water partition coefficient (Wildman–Crippen LogP) is 1.28. The van der Waals surface area contributed by atoms with E-state index < -0.39 is 88.8 Å². The monoisotopic (exact) mass is 616 g/mol. The van der Waals surface area contributed by atoms with E-state index in [4.69, 9.17) is 23.7 Å². The first-order chi connectivity index (χ1) is 20.6. The summed E-state index contributed by atoms with van der Waals surface area (Å²) in [6, 6.07) is 8.02. The van der Waals surface area contributed by atoms with Gasteiger partial charge < -0.3 is 39.0 Å². The number of ether oxygens (including phenoxy) is 5. The molecule has 0 spiro atoms. The van der Waals surface area contributed by atoms with E-state index in [0.29, 0.717) is 5.57 Å². The molecule has 0 unspecified atom stereocenters. The number of Topliss-reactive ketones (excluding diaryl/α,β-unsaturated/α-hetero) is 1. The first kappa shape index (κ1) is 32.2. The zero-order chi connectivity index (χ0) is 32.4. The quantitative estimate of drug-likeness (QED) is 0.238. The third-order valence-corrected chi connectivity index (χ3v) is 10.4. The maximum Gasteiger partial charge on any atom is 0.338 e. The standard InChI is InChI=1S/C32H40O12/c1-16-19(34)13-32(39)27(43-28(38)18-10-8-7-9-11-18)25-30(5,20(35)12-21-31(25,15-41-21)44-17(2)33)26(37)24(23(16)29(32,3)4)42-22(36)14-40-6/h7-11,19-21,24-25,27,34-35,39H,12-15H2,1-6H3/t19-,20-,21+,24+,25-,27-,30+,31-,32+/m0/s1. The molecule has 1 heterocycles. The van der Waals surface area contributed by atoms with Crippen molar-refractivity contribution in [1.29, 1.82) is 0 Å². The van der Waals surface area contributed by atoms with E-state index >= 15 is 0 Å². The van der Waals surface area contributed by atoms with Gasteiger partial charge in [0.2, 0.25) is 0 Å². The summed E-state index contributed by atoms with van der Waals surface area (Å²) in [5.41, 5.74) is -6.60. The van der Waals surface area contributed by atoms with Crippen molar-refractivity contribution in [1.82, 2.24) is 0 Å². The fourth-order valence-electron chi connectivity index (χ4n) is 8.02. The van der Waals surface area contributed by atoms with Crippen LogP contribution < -0.4 is 0 Å². The molecule has 4 aliphatic rings. The summed E-state index contributed by atoms with van der Waals surface area (Å²) in [6.07, 6.45) is -7.50. The Bertz CT molecular complexity index is 1390. The van der Waals surface area contributed by atoms with Crippen LogP contribution in [0.5, 0.6) is 0 Å². The van der Waals surface area contributed by atoms with E-state index in [2.05, 4.69) is 0 Å². The highest BCUT2D eigenvalue weighted by molar-refractivity contribution is 5.95. The number of hydrogen-bond donors (Lipinski definition) is 3. The Balaban J connectivity index is 1.82. The summed E-state index contributed by atoms with van der Waals surface area (Å²) in [4.78, 5) is 54.2. The maximum atomic E-state index is 15.0. The van der Waals surface area contributed by atoms with E-state index in [9.17, 15) is 34.5 Å². The average molecular weight is 617 g/mol. The summed E-state index contributed by atoms with van der Waals surface area (Å²) in [6.45, 7) is 6.72. The van der Waals surface area contributed by atoms with E-state index in [0.717, 1.165) is 0 Å². The second-order valence-corrected chi connectivity index (χ2v) is 13.1. The Morgan fingerprint density at radius 2 is 1.73 bits per heavy atom. The Hall–Kier alpha value is -3.16. The smallest absolute Gasteiger partial charge is 0.338 e. The number of aliphatic hydroxyl groups excluding tert-OH is 2. The van der Waals surface area contributed by atoms with Gasteiger partial charge in [0.15, 0.2) is 17.5 Å². The molecule has 5 rings (SSSR count). The molecule has 1 aliphatic heterocycles. The number of benzene rings is 1. The van der Waals surface area contributed by atoms with Crippen LogP contribution in [0.15, 0.2) is 41.5 Å². The van der Waals surface area contributed by atoms with Crippen molar-refractivity contribution >= 4 is 23.7 Å². The van der Waals surface area contributed by atoms with Gasteiger partial charge >= 0.3 is 17.9 Å². The molecule has 3 fully saturated rings. The van der Waals surface area contributed by atoms with E-state index in [1.807, 2.05) is 0 Å². The molecule has 3 N–H and O–H groups in total. The normalized spacial score (nSPS) is 39.1. The van der Waals surface area contributed by atoms with Crippen LogP contribution in [-0.2, 0) is 38.1 Å². The summed E-state index contributed by atoms with van der Waals surface area (Å²) in [5, 5.41) is 36.0. The molecule has 12 nitrogen and oxygen atoms in total. The molecule has 0 aromatic heterocycles.